The maximum absolute atomic E-state index is 11.3. The van der Waals surface area contributed by atoms with Crippen molar-refractivity contribution in [1.29, 1.82) is 0 Å². The second kappa shape index (κ2) is 6.83. The Morgan fingerprint density at radius 1 is 1.12 bits per heavy atom. The van der Waals surface area contributed by atoms with E-state index in [1.54, 1.807) is 0 Å². The molecule has 0 N–H and O–H groups in total. The highest BCUT2D eigenvalue weighted by Crippen LogP contribution is 2.20. The third-order valence-electron chi connectivity index (χ3n) is 2.36. The van der Waals surface area contributed by atoms with Crippen molar-refractivity contribution in [1.82, 2.24) is 0 Å². The lowest BCUT2D eigenvalue weighted by Gasteiger charge is -2.08. The second-order valence-electron chi connectivity index (χ2n) is 3.99. The standard InChI is InChI=1S/C12H16O5/c1-9(13)8-16-11(14)6-7-12(15)17-10-4-2-3-5-10/h6-7,10H,2-5,8H2,1H3/b7-6+. The summed E-state index contributed by atoms with van der Waals surface area (Å²) in [6, 6.07) is 0. The van der Waals surface area contributed by atoms with E-state index in [0.717, 1.165) is 37.8 Å². The van der Waals surface area contributed by atoms with Gasteiger partial charge in [-0.3, -0.25) is 4.79 Å². The van der Waals surface area contributed by atoms with E-state index in [1.807, 2.05) is 0 Å². The van der Waals surface area contributed by atoms with E-state index in [0.29, 0.717) is 0 Å². The van der Waals surface area contributed by atoms with Crippen LogP contribution in [-0.4, -0.2) is 30.4 Å². The Morgan fingerprint density at radius 3 is 2.29 bits per heavy atom. The maximum atomic E-state index is 11.3. The summed E-state index contributed by atoms with van der Waals surface area (Å²) in [5, 5.41) is 0. The first-order valence-electron chi connectivity index (χ1n) is 5.63. The molecular weight excluding hydrogens is 224 g/mol. The third-order valence-corrected chi connectivity index (χ3v) is 2.36. The van der Waals surface area contributed by atoms with Gasteiger partial charge in [0.15, 0.2) is 5.78 Å². The minimum Gasteiger partial charge on any atom is -0.459 e. The predicted molar refractivity (Wildman–Crippen MR) is 59.1 cm³/mol. The van der Waals surface area contributed by atoms with Gasteiger partial charge < -0.3 is 9.47 Å². The Kier molecular flexibility index (Phi) is 5.39. The molecule has 0 aromatic carbocycles. The van der Waals surface area contributed by atoms with Crippen LogP contribution in [0.3, 0.4) is 0 Å². The van der Waals surface area contributed by atoms with Gasteiger partial charge in [-0.2, -0.15) is 0 Å². The van der Waals surface area contributed by atoms with Crippen molar-refractivity contribution in [2.75, 3.05) is 6.61 Å². The zero-order valence-corrected chi connectivity index (χ0v) is 9.81. The highest BCUT2D eigenvalue weighted by atomic mass is 16.5. The average Bonchev–Trinajstić information content (AvgIpc) is 2.76. The topological polar surface area (TPSA) is 69.7 Å². The molecule has 17 heavy (non-hydrogen) atoms. The number of ether oxygens (including phenoxy) is 2. The second-order valence-corrected chi connectivity index (χ2v) is 3.99. The SMILES string of the molecule is CC(=O)COC(=O)/C=C/C(=O)OC1CCCC1. The molecule has 0 amide bonds. The maximum Gasteiger partial charge on any atom is 0.331 e. The van der Waals surface area contributed by atoms with Crippen molar-refractivity contribution < 1.29 is 23.9 Å². The number of rotatable bonds is 5. The molecule has 1 rings (SSSR count). The minimum atomic E-state index is -0.719. The van der Waals surface area contributed by atoms with E-state index < -0.39 is 11.9 Å². The van der Waals surface area contributed by atoms with Crippen LogP contribution in [0.25, 0.3) is 0 Å². The monoisotopic (exact) mass is 240 g/mol. The molecule has 5 heteroatoms. The van der Waals surface area contributed by atoms with E-state index in [1.165, 1.54) is 6.92 Å². The molecule has 0 aromatic heterocycles. The lowest BCUT2D eigenvalue weighted by atomic mass is 10.3. The largest absolute Gasteiger partial charge is 0.459 e. The predicted octanol–water partition coefficient (Wildman–Crippen LogP) is 1.16. The van der Waals surface area contributed by atoms with Gasteiger partial charge in [0.2, 0.25) is 0 Å². The van der Waals surface area contributed by atoms with Crippen molar-refractivity contribution in [3.63, 3.8) is 0 Å². The molecule has 0 aromatic rings. The molecule has 0 aliphatic heterocycles. The number of hydrogen-bond donors (Lipinski definition) is 0. The van der Waals surface area contributed by atoms with E-state index in [-0.39, 0.29) is 18.5 Å². The molecule has 0 unspecified atom stereocenters. The number of hydrogen-bond acceptors (Lipinski definition) is 5. The van der Waals surface area contributed by atoms with Gasteiger partial charge in [-0.15, -0.1) is 0 Å². The van der Waals surface area contributed by atoms with Crippen LogP contribution in [0.5, 0.6) is 0 Å². The molecule has 1 saturated carbocycles. The van der Waals surface area contributed by atoms with Crippen molar-refractivity contribution in [2.45, 2.75) is 38.7 Å². The Labute approximate surface area is 99.8 Å². The summed E-state index contributed by atoms with van der Waals surface area (Å²) in [6.07, 6.45) is 5.88. The molecule has 1 fully saturated rings. The van der Waals surface area contributed by atoms with Crippen molar-refractivity contribution >= 4 is 17.7 Å². The van der Waals surface area contributed by atoms with Gasteiger partial charge >= 0.3 is 11.9 Å². The van der Waals surface area contributed by atoms with Gasteiger partial charge in [0.25, 0.3) is 0 Å². The van der Waals surface area contributed by atoms with Gasteiger partial charge in [-0.1, -0.05) is 0 Å². The Balaban J connectivity index is 2.24. The Morgan fingerprint density at radius 2 is 1.71 bits per heavy atom. The van der Waals surface area contributed by atoms with Crippen LogP contribution < -0.4 is 0 Å². The van der Waals surface area contributed by atoms with Gasteiger partial charge in [0.1, 0.15) is 12.7 Å². The average molecular weight is 240 g/mol. The highest BCUT2D eigenvalue weighted by molar-refractivity contribution is 5.92. The van der Waals surface area contributed by atoms with Crippen LogP contribution in [0, 0.1) is 0 Å². The molecule has 0 atom stereocenters. The first kappa shape index (κ1) is 13.4. The zero-order chi connectivity index (χ0) is 12.7. The fraction of sp³-hybridized carbons (Fsp3) is 0.583. The number of Topliss-reactive ketones (excluding diaryl/α,β-unsaturated/α-hetero) is 1. The number of carbonyl (C=O) groups excluding carboxylic acids is 3. The summed E-state index contributed by atoms with van der Waals surface area (Å²) in [6.45, 7) is 1.03. The lowest BCUT2D eigenvalue weighted by Crippen LogP contribution is -2.13. The van der Waals surface area contributed by atoms with Crippen molar-refractivity contribution in [3.8, 4) is 0 Å². The molecular formula is C12H16O5. The first-order chi connectivity index (χ1) is 8.08. The van der Waals surface area contributed by atoms with E-state index in [9.17, 15) is 14.4 Å². The van der Waals surface area contributed by atoms with Crippen molar-refractivity contribution in [3.05, 3.63) is 12.2 Å². The molecule has 0 bridgehead atoms. The number of esters is 2. The Bertz CT molecular complexity index is 326. The molecule has 0 heterocycles. The summed E-state index contributed by atoms with van der Waals surface area (Å²) in [5.74, 6) is -1.51. The lowest BCUT2D eigenvalue weighted by molar-refractivity contribution is -0.144. The van der Waals surface area contributed by atoms with Gasteiger partial charge in [0, 0.05) is 12.2 Å². The molecule has 5 nitrogen and oxygen atoms in total. The van der Waals surface area contributed by atoms with Crippen LogP contribution >= 0.6 is 0 Å². The molecule has 94 valence electrons. The van der Waals surface area contributed by atoms with E-state index >= 15 is 0 Å². The first-order valence-corrected chi connectivity index (χ1v) is 5.63. The summed E-state index contributed by atoms with van der Waals surface area (Å²) in [7, 11) is 0. The van der Waals surface area contributed by atoms with Gasteiger partial charge in [0.05, 0.1) is 0 Å². The third kappa shape index (κ3) is 5.85. The van der Waals surface area contributed by atoms with E-state index in [2.05, 4.69) is 4.74 Å². The van der Waals surface area contributed by atoms with Crippen LogP contribution in [-0.2, 0) is 23.9 Å². The quantitative estimate of drug-likeness (QED) is 0.532. The smallest absolute Gasteiger partial charge is 0.331 e. The number of carbonyl (C=O) groups is 3. The molecule has 1 aliphatic rings. The molecule has 0 spiro atoms. The van der Waals surface area contributed by atoms with Crippen LogP contribution in [0.2, 0.25) is 0 Å². The van der Waals surface area contributed by atoms with Crippen LogP contribution in [0.4, 0.5) is 0 Å². The highest BCUT2D eigenvalue weighted by Gasteiger charge is 2.17. The van der Waals surface area contributed by atoms with E-state index in [4.69, 9.17) is 4.74 Å². The summed E-state index contributed by atoms with van der Waals surface area (Å²) >= 11 is 0. The fourth-order valence-corrected chi connectivity index (χ4v) is 1.57. The molecule has 0 saturated heterocycles. The molecule has 1 aliphatic carbocycles. The van der Waals surface area contributed by atoms with Gasteiger partial charge in [-0.05, 0) is 32.6 Å². The van der Waals surface area contributed by atoms with Crippen LogP contribution in [0.1, 0.15) is 32.6 Å². The van der Waals surface area contributed by atoms with Crippen molar-refractivity contribution in [2.24, 2.45) is 0 Å². The summed E-state index contributed by atoms with van der Waals surface area (Å²) in [5.41, 5.74) is 0. The van der Waals surface area contributed by atoms with Crippen LogP contribution in [0.15, 0.2) is 12.2 Å². The van der Waals surface area contributed by atoms with Gasteiger partial charge in [-0.25, -0.2) is 9.59 Å². The zero-order valence-electron chi connectivity index (χ0n) is 9.81. The summed E-state index contributed by atoms with van der Waals surface area (Å²) < 4.78 is 9.63. The fourth-order valence-electron chi connectivity index (χ4n) is 1.57. The minimum absolute atomic E-state index is 0.0274. The normalized spacial score (nSPS) is 16.1. The Hall–Kier alpha value is -1.65. The number of ketones is 1. The summed E-state index contributed by atoms with van der Waals surface area (Å²) in [4.78, 5) is 32.8. The molecule has 0 radical (unpaired) electrons.